The first kappa shape index (κ1) is 14.6. The van der Waals surface area contributed by atoms with Crippen LogP contribution >= 0.6 is 15.9 Å². The summed E-state index contributed by atoms with van der Waals surface area (Å²) in [5.41, 5.74) is 1.55. The van der Waals surface area contributed by atoms with E-state index in [1.54, 1.807) is 0 Å². The maximum absolute atomic E-state index is 11.5. The molecule has 1 aromatic carbocycles. The second kappa shape index (κ2) is 6.56. The van der Waals surface area contributed by atoms with Crippen molar-refractivity contribution in [1.82, 2.24) is 0 Å². The van der Waals surface area contributed by atoms with E-state index in [2.05, 4.69) is 40.2 Å². The van der Waals surface area contributed by atoms with E-state index in [9.17, 15) is 4.79 Å². The molecule has 0 aromatic heterocycles. The second-order valence-corrected chi connectivity index (χ2v) is 6.34. The van der Waals surface area contributed by atoms with Gasteiger partial charge in [-0.05, 0) is 42.4 Å². The molecule has 1 aromatic rings. The Balaban J connectivity index is 2.18. The van der Waals surface area contributed by atoms with E-state index in [0.717, 1.165) is 10.9 Å². The maximum Gasteiger partial charge on any atom is 0.305 e. The molecular weight excluding hydrogens is 304 g/mol. The van der Waals surface area contributed by atoms with Gasteiger partial charge in [0.25, 0.3) is 0 Å². The number of carbonyl (C=O) groups excluding carboxylic acids is 1. The van der Waals surface area contributed by atoms with E-state index in [-0.39, 0.29) is 11.4 Å². The van der Waals surface area contributed by atoms with Crippen LogP contribution in [0.15, 0.2) is 28.7 Å². The number of halogens is 1. The van der Waals surface area contributed by atoms with Crippen molar-refractivity contribution in [2.45, 2.75) is 50.4 Å². The molecule has 19 heavy (non-hydrogen) atoms. The van der Waals surface area contributed by atoms with Crippen LogP contribution in [0.5, 0.6) is 0 Å². The molecule has 0 aliphatic heterocycles. The normalized spacial score (nSPS) is 18.0. The Hall–Kier alpha value is -0.830. The standard InChI is InChI=1S/C16H21BrO2/c1-19-15(18)9-12-16(10-3-2-4-11-16)13-5-7-14(17)8-6-13/h5-8H,2-4,9-12H2,1H3. The first-order valence-corrected chi connectivity index (χ1v) is 7.78. The molecule has 0 bridgehead atoms. The molecule has 0 heterocycles. The average Bonchev–Trinajstić information content (AvgIpc) is 2.46. The van der Waals surface area contributed by atoms with Crippen molar-refractivity contribution in [3.8, 4) is 0 Å². The lowest BCUT2D eigenvalue weighted by Crippen LogP contribution is -2.30. The molecule has 3 heteroatoms. The van der Waals surface area contributed by atoms with Crippen molar-refractivity contribution >= 4 is 21.9 Å². The number of ether oxygens (including phenoxy) is 1. The van der Waals surface area contributed by atoms with E-state index in [1.165, 1.54) is 44.8 Å². The zero-order valence-corrected chi connectivity index (χ0v) is 13.0. The van der Waals surface area contributed by atoms with E-state index in [0.29, 0.717) is 6.42 Å². The van der Waals surface area contributed by atoms with Crippen LogP contribution in [-0.2, 0) is 14.9 Å². The number of benzene rings is 1. The Morgan fingerprint density at radius 3 is 2.42 bits per heavy atom. The van der Waals surface area contributed by atoms with Crippen LogP contribution in [0.4, 0.5) is 0 Å². The van der Waals surface area contributed by atoms with Gasteiger partial charge in [-0.25, -0.2) is 0 Å². The molecule has 0 unspecified atom stereocenters. The lowest BCUT2D eigenvalue weighted by Gasteiger charge is -2.38. The lowest BCUT2D eigenvalue weighted by molar-refractivity contribution is -0.141. The van der Waals surface area contributed by atoms with Crippen LogP contribution < -0.4 is 0 Å². The monoisotopic (exact) mass is 324 g/mol. The maximum atomic E-state index is 11.5. The van der Waals surface area contributed by atoms with Crippen molar-refractivity contribution in [3.63, 3.8) is 0 Å². The largest absolute Gasteiger partial charge is 0.469 e. The summed E-state index contributed by atoms with van der Waals surface area (Å²) in [4.78, 5) is 11.5. The number of hydrogen-bond acceptors (Lipinski definition) is 2. The van der Waals surface area contributed by atoms with Crippen LogP contribution in [0.25, 0.3) is 0 Å². The number of hydrogen-bond donors (Lipinski definition) is 0. The van der Waals surface area contributed by atoms with Gasteiger partial charge in [-0.15, -0.1) is 0 Å². The van der Waals surface area contributed by atoms with Gasteiger partial charge in [-0.1, -0.05) is 47.3 Å². The minimum Gasteiger partial charge on any atom is -0.469 e. The second-order valence-electron chi connectivity index (χ2n) is 5.42. The van der Waals surface area contributed by atoms with E-state index in [1.807, 2.05) is 0 Å². The number of rotatable bonds is 4. The Bertz CT molecular complexity index is 419. The van der Waals surface area contributed by atoms with Crippen LogP contribution in [0, 0.1) is 0 Å². The minimum absolute atomic E-state index is 0.0953. The van der Waals surface area contributed by atoms with Gasteiger partial charge in [0, 0.05) is 10.9 Å². The highest BCUT2D eigenvalue weighted by Gasteiger charge is 2.34. The van der Waals surface area contributed by atoms with Crippen molar-refractivity contribution in [3.05, 3.63) is 34.3 Å². The van der Waals surface area contributed by atoms with Crippen LogP contribution in [-0.4, -0.2) is 13.1 Å². The Morgan fingerprint density at radius 1 is 1.21 bits per heavy atom. The molecule has 0 atom stereocenters. The zero-order chi connectivity index (χ0) is 13.7. The summed E-state index contributed by atoms with van der Waals surface area (Å²) in [6.07, 6.45) is 7.64. The molecule has 1 saturated carbocycles. The number of esters is 1. The van der Waals surface area contributed by atoms with Gasteiger partial charge in [-0.2, -0.15) is 0 Å². The Kier molecular flexibility index (Phi) is 5.03. The van der Waals surface area contributed by atoms with Gasteiger partial charge in [0.1, 0.15) is 0 Å². The van der Waals surface area contributed by atoms with Gasteiger partial charge in [0.15, 0.2) is 0 Å². The highest BCUT2D eigenvalue weighted by molar-refractivity contribution is 9.10. The molecule has 0 spiro atoms. The van der Waals surface area contributed by atoms with Crippen molar-refractivity contribution in [1.29, 1.82) is 0 Å². The Labute approximate surface area is 123 Å². The summed E-state index contributed by atoms with van der Waals surface area (Å²) >= 11 is 3.49. The molecule has 0 radical (unpaired) electrons. The third-order valence-corrected chi connectivity index (χ3v) is 4.83. The molecule has 104 valence electrons. The SMILES string of the molecule is COC(=O)CCC1(c2ccc(Br)cc2)CCCCC1. The smallest absolute Gasteiger partial charge is 0.305 e. The average molecular weight is 325 g/mol. The molecule has 1 aliphatic rings. The van der Waals surface area contributed by atoms with Gasteiger partial charge in [-0.3, -0.25) is 4.79 Å². The third kappa shape index (κ3) is 3.59. The van der Waals surface area contributed by atoms with E-state index >= 15 is 0 Å². The quantitative estimate of drug-likeness (QED) is 0.756. The summed E-state index contributed by atoms with van der Waals surface area (Å²) < 4.78 is 5.90. The molecule has 0 saturated heterocycles. The van der Waals surface area contributed by atoms with Gasteiger partial charge >= 0.3 is 5.97 Å². The summed E-state index contributed by atoms with van der Waals surface area (Å²) in [5.74, 6) is -0.0953. The molecule has 1 aliphatic carbocycles. The first-order chi connectivity index (χ1) is 9.16. The predicted molar refractivity (Wildman–Crippen MR) is 80.2 cm³/mol. The summed E-state index contributed by atoms with van der Waals surface area (Å²) in [6, 6.07) is 8.60. The number of methoxy groups -OCH3 is 1. The van der Waals surface area contributed by atoms with Crippen LogP contribution in [0.2, 0.25) is 0 Å². The van der Waals surface area contributed by atoms with Crippen LogP contribution in [0.1, 0.15) is 50.5 Å². The summed E-state index contributed by atoms with van der Waals surface area (Å²) in [5, 5.41) is 0. The molecule has 2 rings (SSSR count). The highest BCUT2D eigenvalue weighted by atomic mass is 79.9. The van der Waals surface area contributed by atoms with E-state index < -0.39 is 0 Å². The zero-order valence-electron chi connectivity index (χ0n) is 11.5. The number of carbonyl (C=O) groups is 1. The lowest BCUT2D eigenvalue weighted by atomic mass is 9.67. The predicted octanol–water partition coefficient (Wildman–Crippen LogP) is 4.60. The van der Waals surface area contributed by atoms with Gasteiger partial charge < -0.3 is 4.74 Å². The molecule has 1 fully saturated rings. The minimum atomic E-state index is -0.0953. The fraction of sp³-hybridized carbons (Fsp3) is 0.562. The summed E-state index contributed by atoms with van der Waals surface area (Å²) in [6.45, 7) is 0. The summed E-state index contributed by atoms with van der Waals surface area (Å²) in [7, 11) is 1.47. The van der Waals surface area contributed by atoms with Crippen LogP contribution in [0.3, 0.4) is 0 Å². The molecular formula is C16H21BrO2. The first-order valence-electron chi connectivity index (χ1n) is 6.99. The van der Waals surface area contributed by atoms with Crippen molar-refractivity contribution in [2.24, 2.45) is 0 Å². The highest BCUT2D eigenvalue weighted by Crippen LogP contribution is 2.43. The van der Waals surface area contributed by atoms with Gasteiger partial charge in [0.2, 0.25) is 0 Å². The van der Waals surface area contributed by atoms with Gasteiger partial charge in [0.05, 0.1) is 7.11 Å². The topological polar surface area (TPSA) is 26.3 Å². The van der Waals surface area contributed by atoms with Crippen molar-refractivity contribution in [2.75, 3.05) is 7.11 Å². The van der Waals surface area contributed by atoms with E-state index in [4.69, 9.17) is 4.74 Å². The molecule has 0 N–H and O–H groups in total. The fourth-order valence-electron chi connectivity index (χ4n) is 3.16. The fourth-order valence-corrected chi connectivity index (χ4v) is 3.42. The third-order valence-electron chi connectivity index (χ3n) is 4.30. The Morgan fingerprint density at radius 2 is 1.84 bits per heavy atom. The van der Waals surface area contributed by atoms with Crippen molar-refractivity contribution < 1.29 is 9.53 Å². The molecule has 2 nitrogen and oxygen atoms in total. The molecule has 0 amide bonds.